The minimum Gasteiger partial charge on any atom is -0.480 e. The predicted octanol–water partition coefficient (Wildman–Crippen LogP) is 2.80. The number of benzene rings is 2. The molecule has 0 heterocycles. The van der Waals surface area contributed by atoms with Crippen molar-refractivity contribution < 1.29 is 14.7 Å². The molecular weight excluding hydrogens is 268 g/mol. The lowest BCUT2D eigenvalue weighted by molar-refractivity contribution is -0.137. The minimum absolute atomic E-state index is 0.319. The molecule has 0 spiro atoms. The molecule has 0 radical (unpaired) electrons. The van der Waals surface area contributed by atoms with Crippen LogP contribution in [0.3, 0.4) is 0 Å². The number of carboxylic acid groups (broad SMARTS) is 1. The van der Waals surface area contributed by atoms with Crippen molar-refractivity contribution in [2.24, 2.45) is 0 Å². The number of hydrogen-bond acceptors (Lipinski definition) is 2. The van der Waals surface area contributed by atoms with Gasteiger partial charge in [0.2, 0.25) is 0 Å². The normalized spacial score (nSPS) is 10.4. The Kier molecular flexibility index (Phi) is 4.42. The molecule has 0 aliphatic rings. The van der Waals surface area contributed by atoms with Crippen molar-refractivity contribution in [1.82, 2.24) is 4.90 Å². The number of carbonyl (C=O) groups is 2. The Bertz CT molecular complexity index is 664. The molecule has 2 aromatic rings. The van der Waals surface area contributed by atoms with Gasteiger partial charge in [0.05, 0.1) is 5.69 Å². The second kappa shape index (κ2) is 6.26. The van der Waals surface area contributed by atoms with Crippen molar-refractivity contribution in [3.05, 3.63) is 42.5 Å². The molecule has 5 nitrogen and oxygen atoms in total. The lowest BCUT2D eigenvalue weighted by atomic mass is 10.1. The highest BCUT2D eigenvalue weighted by molar-refractivity contribution is 6.03. The summed E-state index contributed by atoms with van der Waals surface area (Å²) in [5, 5.41) is 10.8. The number of hydrogen-bond donors (Lipinski definition) is 1. The van der Waals surface area contributed by atoms with E-state index in [-0.39, 0.29) is 12.6 Å². The van der Waals surface area contributed by atoms with Crippen LogP contribution in [0.2, 0.25) is 0 Å². The van der Waals surface area contributed by atoms with E-state index in [0.717, 1.165) is 16.5 Å². The van der Waals surface area contributed by atoms with E-state index in [1.165, 1.54) is 11.9 Å². The summed E-state index contributed by atoms with van der Waals surface area (Å²) in [6.45, 7) is 2.02. The van der Waals surface area contributed by atoms with E-state index in [1.807, 2.05) is 49.4 Å². The molecule has 0 saturated heterocycles. The van der Waals surface area contributed by atoms with Crippen molar-refractivity contribution in [1.29, 1.82) is 0 Å². The van der Waals surface area contributed by atoms with E-state index >= 15 is 0 Å². The standard InChI is InChI=1S/C16H18N2O3/c1-3-18(16(21)17(2)11-15(19)20)14-10-6-8-12-7-4-5-9-13(12)14/h4-10H,3,11H2,1-2H3,(H,19,20). The average Bonchev–Trinajstić information content (AvgIpc) is 2.47. The van der Waals surface area contributed by atoms with Gasteiger partial charge in [0.15, 0.2) is 0 Å². The number of aliphatic carboxylic acids is 1. The summed E-state index contributed by atoms with van der Waals surface area (Å²) in [6.07, 6.45) is 0. The van der Waals surface area contributed by atoms with E-state index in [2.05, 4.69) is 0 Å². The van der Waals surface area contributed by atoms with Crippen LogP contribution in [0.15, 0.2) is 42.5 Å². The number of anilines is 1. The van der Waals surface area contributed by atoms with Crippen molar-refractivity contribution in [3.63, 3.8) is 0 Å². The van der Waals surface area contributed by atoms with Crippen molar-refractivity contribution in [2.75, 3.05) is 25.0 Å². The highest BCUT2D eigenvalue weighted by Gasteiger charge is 2.21. The molecule has 5 heteroatoms. The molecular formula is C16H18N2O3. The molecule has 0 bridgehead atoms. The molecule has 0 unspecified atom stereocenters. The Labute approximate surface area is 123 Å². The molecule has 2 aromatic carbocycles. The molecule has 2 amide bonds. The second-order valence-corrected chi connectivity index (χ2v) is 4.77. The van der Waals surface area contributed by atoms with Crippen LogP contribution in [-0.2, 0) is 4.79 Å². The number of likely N-dealkylation sites (N-methyl/N-ethyl adjacent to an activating group) is 1. The van der Waals surface area contributed by atoms with Crippen LogP contribution < -0.4 is 4.90 Å². The lowest BCUT2D eigenvalue weighted by Crippen LogP contribution is -2.43. The number of urea groups is 1. The molecule has 0 saturated carbocycles. The lowest BCUT2D eigenvalue weighted by Gasteiger charge is -2.27. The molecule has 21 heavy (non-hydrogen) atoms. The number of fused-ring (bicyclic) bond motifs is 1. The van der Waals surface area contributed by atoms with Gasteiger partial charge in [-0.3, -0.25) is 9.69 Å². The largest absolute Gasteiger partial charge is 0.480 e. The molecule has 0 atom stereocenters. The van der Waals surface area contributed by atoms with Crippen molar-refractivity contribution in [3.8, 4) is 0 Å². The summed E-state index contributed by atoms with van der Waals surface area (Å²) in [5.41, 5.74) is 0.790. The summed E-state index contributed by atoms with van der Waals surface area (Å²) in [6, 6.07) is 13.2. The van der Waals surface area contributed by atoms with E-state index in [0.29, 0.717) is 6.54 Å². The fraction of sp³-hybridized carbons (Fsp3) is 0.250. The second-order valence-electron chi connectivity index (χ2n) is 4.77. The minimum atomic E-state index is -1.03. The van der Waals surface area contributed by atoms with E-state index in [9.17, 15) is 9.59 Å². The zero-order valence-electron chi connectivity index (χ0n) is 12.1. The van der Waals surface area contributed by atoms with Crippen LogP contribution in [0.5, 0.6) is 0 Å². The van der Waals surface area contributed by atoms with Crippen molar-refractivity contribution >= 4 is 28.5 Å². The molecule has 0 aliphatic carbocycles. The zero-order chi connectivity index (χ0) is 15.4. The monoisotopic (exact) mass is 286 g/mol. The first-order chi connectivity index (χ1) is 10.0. The van der Waals surface area contributed by atoms with Gasteiger partial charge in [-0.05, 0) is 18.4 Å². The van der Waals surface area contributed by atoms with Crippen LogP contribution in [0.1, 0.15) is 6.92 Å². The number of amides is 2. The molecule has 0 aromatic heterocycles. The number of carbonyl (C=O) groups excluding carboxylic acids is 1. The molecule has 110 valence electrons. The Morgan fingerprint density at radius 3 is 2.43 bits per heavy atom. The van der Waals surface area contributed by atoms with Crippen molar-refractivity contribution in [2.45, 2.75) is 6.92 Å². The quantitative estimate of drug-likeness (QED) is 0.940. The number of carboxylic acids is 1. The maximum atomic E-state index is 12.4. The summed E-state index contributed by atoms with van der Waals surface area (Å²) in [7, 11) is 1.49. The van der Waals surface area contributed by atoms with Gasteiger partial charge >= 0.3 is 12.0 Å². The number of nitrogens with zero attached hydrogens (tertiary/aromatic N) is 2. The Balaban J connectivity index is 2.40. The zero-order valence-corrected chi connectivity index (χ0v) is 12.1. The fourth-order valence-corrected chi connectivity index (χ4v) is 2.33. The topological polar surface area (TPSA) is 60.9 Å². The summed E-state index contributed by atoms with van der Waals surface area (Å²) < 4.78 is 0. The van der Waals surface area contributed by atoms with Gasteiger partial charge in [-0.15, -0.1) is 0 Å². The highest BCUT2D eigenvalue weighted by Crippen LogP contribution is 2.27. The molecule has 2 rings (SSSR count). The summed E-state index contributed by atoms with van der Waals surface area (Å²) in [5.74, 6) is -1.03. The van der Waals surface area contributed by atoms with Gasteiger partial charge in [-0.1, -0.05) is 36.4 Å². The smallest absolute Gasteiger partial charge is 0.324 e. The van der Waals surface area contributed by atoms with Crippen LogP contribution in [0, 0.1) is 0 Å². The van der Waals surface area contributed by atoms with Gasteiger partial charge in [-0.2, -0.15) is 0 Å². The van der Waals surface area contributed by atoms with Crippen LogP contribution in [0.25, 0.3) is 10.8 Å². The van der Waals surface area contributed by atoms with Crippen LogP contribution in [-0.4, -0.2) is 42.1 Å². The first-order valence-electron chi connectivity index (χ1n) is 6.76. The SMILES string of the molecule is CCN(C(=O)N(C)CC(=O)O)c1cccc2ccccc12. The molecule has 0 fully saturated rings. The van der Waals surface area contributed by atoms with E-state index in [1.54, 1.807) is 4.90 Å². The van der Waals surface area contributed by atoms with Crippen LogP contribution in [0.4, 0.5) is 10.5 Å². The van der Waals surface area contributed by atoms with Gasteiger partial charge < -0.3 is 10.0 Å². The Morgan fingerprint density at radius 1 is 1.10 bits per heavy atom. The van der Waals surface area contributed by atoms with Crippen LogP contribution >= 0.6 is 0 Å². The summed E-state index contributed by atoms with van der Waals surface area (Å²) in [4.78, 5) is 26.0. The molecule has 0 aliphatic heterocycles. The maximum absolute atomic E-state index is 12.4. The Morgan fingerprint density at radius 2 is 1.76 bits per heavy atom. The van der Waals surface area contributed by atoms with Gasteiger partial charge in [0.25, 0.3) is 0 Å². The third-order valence-corrected chi connectivity index (χ3v) is 3.30. The first-order valence-corrected chi connectivity index (χ1v) is 6.76. The average molecular weight is 286 g/mol. The highest BCUT2D eigenvalue weighted by atomic mass is 16.4. The molecule has 1 N–H and O–H groups in total. The van der Waals surface area contributed by atoms with Gasteiger partial charge in [0.1, 0.15) is 6.54 Å². The first kappa shape index (κ1) is 14.8. The van der Waals surface area contributed by atoms with Gasteiger partial charge in [0, 0.05) is 19.0 Å². The maximum Gasteiger partial charge on any atom is 0.324 e. The third kappa shape index (κ3) is 3.13. The Hall–Kier alpha value is -2.56. The number of rotatable bonds is 4. The fourth-order valence-electron chi connectivity index (χ4n) is 2.33. The predicted molar refractivity (Wildman–Crippen MR) is 82.6 cm³/mol. The van der Waals surface area contributed by atoms with Gasteiger partial charge in [-0.25, -0.2) is 4.79 Å². The third-order valence-electron chi connectivity index (χ3n) is 3.30. The summed E-state index contributed by atoms with van der Waals surface area (Å²) >= 11 is 0. The van der Waals surface area contributed by atoms with E-state index in [4.69, 9.17) is 5.11 Å². The van der Waals surface area contributed by atoms with E-state index < -0.39 is 5.97 Å².